The molecule has 3 rings (SSSR count). The molecule has 6 nitrogen and oxygen atoms in total. The highest BCUT2D eigenvalue weighted by Gasteiger charge is 2.33. The zero-order chi connectivity index (χ0) is 17.6. The highest BCUT2D eigenvalue weighted by molar-refractivity contribution is 5.77. The number of aliphatic hydroxyl groups excluding tert-OH is 1. The predicted molar refractivity (Wildman–Crippen MR) is 94.5 cm³/mol. The van der Waals surface area contributed by atoms with Crippen molar-refractivity contribution in [3.63, 3.8) is 0 Å². The van der Waals surface area contributed by atoms with E-state index in [1.807, 2.05) is 12.1 Å². The molecule has 1 aliphatic heterocycles. The molecular formula is C19H28N2O4. The summed E-state index contributed by atoms with van der Waals surface area (Å²) in [6.07, 6.45) is 2.17. The third-order valence-corrected chi connectivity index (χ3v) is 5.03. The Kier molecular flexibility index (Phi) is 6.29. The summed E-state index contributed by atoms with van der Waals surface area (Å²) in [5.74, 6) is 0.963. The normalized spacial score (nSPS) is 20.8. The molecule has 3 N–H and O–H groups in total. The molecule has 2 unspecified atom stereocenters. The van der Waals surface area contributed by atoms with Crippen LogP contribution in [0, 0.1) is 5.92 Å². The number of ether oxygens (including phenoxy) is 1. The van der Waals surface area contributed by atoms with Crippen LogP contribution in [0.4, 0.5) is 0 Å². The molecular weight excluding hydrogens is 320 g/mol. The van der Waals surface area contributed by atoms with Crippen LogP contribution in [0.15, 0.2) is 24.3 Å². The van der Waals surface area contributed by atoms with Crippen molar-refractivity contribution < 1.29 is 19.7 Å². The first-order valence-electron chi connectivity index (χ1n) is 9.15. The van der Waals surface area contributed by atoms with Gasteiger partial charge in [-0.2, -0.15) is 0 Å². The van der Waals surface area contributed by atoms with Crippen molar-refractivity contribution in [3.05, 3.63) is 29.8 Å². The van der Waals surface area contributed by atoms with Gasteiger partial charge >= 0.3 is 0 Å². The van der Waals surface area contributed by atoms with Gasteiger partial charge < -0.3 is 20.3 Å². The number of phenols is 1. The number of aliphatic hydroxyl groups is 1. The Bertz CT molecular complexity index is 553. The van der Waals surface area contributed by atoms with Gasteiger partial charge in [0.1, 0.15) is 5.75 Å². The average Bonchev–Trinajstić information content (AvgIpc) is 3.45. The molecule has 1 aromatic rings. The number of hydrogen-bond donors (Lipinski definition) is 3. The van der Waals surface area contributed by atoms with Gasteiger partial charge in [-0.05, 0) is 42.4 Å². The van der Waals surface area contributed by atoms with Gasteiger partial charge in [0.25, 0.3) is 0 Å². The van der Waals surface area contributed by atoms with Crippen molar-refractivity contribution in [2.75, 3.05) is 39.4 Å². The molecule has 0 aromatic heterocycles. The maximum Gasteiger partial charge on any atom is 0.220 e. The molecule has 1 aliphatic carbocycles. The van der Waals surface area contributed by atoms with Crippen LogP contribution < -0.4 is 5.32 Å². The number of morpholine rings is 1. The summed E-state index contributed by atoms with van der Waals surface area (Å²) in [6, 6.07) is 7.15. The molecule has 1 heterocycles. The lowest BCUT2D eigenvalue weighted by atomic mass is 9.90. The number of phenolic OH excluding ortho intramolecular Hbond substituents is 1. The van der Waals surface area contributed by atoms with E-state index >= 15 is 0 Å². The second kappa shape index (κ2) is 8.65. The maximum atomic E-state index is 12.3. The van der Waals surface area contributed by atoms with E-state index in [4.69, 9.17) is 4.74 Å². The second-order valence-electron chi connectivity index (χ2n) is 7.11. The number of carbonyl (C=O) groups is 1. The fraction of sp³-hybridized carbons (Fsp3) is 0.632. The molecule has 0 spiro atoms. The fourth-order valence-electron chi connectivity index (χ4n) is 3.43. The quantitative estimate of drug-likeness (QED) is 0.655. The summed E-state index contributed by atoms with van der Waals surface area (Å²) in [4.78, 5) is 14.5. The molecule has 2 atom stereocenters. The summed E-state index contributed by atoms with van der Waals surface area (Å²) in [5, 5.41) is 22.4. The predicted octanol–water partition coefficient (Wildman–Crippen LogP) is 1.09. The number of β-amino-alcohol motifs (C(OH)–C–C–N with tert-alkyl or cyclic N) is 1. The van der Waals surface area contributed by atoms with E-state index in [9.17, 15) is 15.0 Å². The zero-order valence-corrected chi connectivity index (χ0v) is 14.6. The van der Waals surface area contributed by atoms with E-state index in [-0.39, 0.29) is 24.1 Å². The summed E-state index contributed by atoms with van der Waals surface area (Å²) in [7, 11) is 0. The molecule has 1 amide bonds. The number of benzene rings is 1. The first kappa shape index (κ1) is 18.2. The highest BCUT2D eigenvalue weighted by Crippen LogP contribution is 2.44. The molecule has 138 valence electrons. The molecule has 2 aliphatic rings. The number of carbonyl (C=O) groups excluding carboxylic acids is 1. The third-order valence-electron chi connectivity index (χ3n) is 5.03. The molecule has 0 bridgehead atoms. The first-order valence-corrected chi connectivity index (χ1v) is 9.15. The van der Waals surface area contributed by atoms with Gasteiger partial charge in [0.05, 0.1) is 19.3 Å². The fourth-order valence-corrected chi connectivity index (χ4v) is 3.43. The topological polar surface area (TPSA) is 82.0 Å². The smallest absolute Gasteiger partial charge is 0.220 e. The molecule has 0 radical (unpaired) electrons. The Morgan fingerprint density at radius 1 is 1.24 bits per heavy atom. The SMILES string of the molecule is O=C(CC(c1ccc(O)cc1)C1CC1)NCC(O)CN1CCOCC1. The average molecular weight is 348 g/mol. The number of hydrogen-bond acceptors (Lipinski definition) is 5. The van der Waals surface area contributed by atoms with Crippen molar-refractivity contribution in [3.8, 4) is 5.75 Å². The molecule has 2 fully saturated rings. The van der Waals surface area contributed by atoms with Crippen molar-refractivity contribution in [2.24, 2.45) is 5.92 Å². The van der Waals surface area contributed by atoms with Crippen LogP contribution in [-0.2, 0) is 9.53 Å². The molecule has 25 heavy (non-hydrogen) atoms. The lowest BCUT2D eigenvalue weighted by Crippen LogP contribution is -2.44. The van der Waals surface area contributed by atoms with Gasteiger partial charge in [-0.3, -0.25) is 9.69 Å². The van der Waals surface area contributed by atoms with Crippen LogP contribution in [0.2, 0.25) is 0 Å². The monoisotopic (exact) mass is 348 g/mol. The van der Waals surface area contributed by atoms with E-state index in [0.717, 1.165) is 31.5 Å². The van der Waals surface area contributed by atoms with Crippen molar-refractivity contribution in [1.82, 2.24) is 10.2 Å². The van der Waals surface area contributed by atoms with Crippen LogP contribution in [0.1, 0.15) is 30.7 Å². The number of aromatic hydroxyl groups is 1. The molecule has 1 aromatic carbocycles. The number of nitrogens with one attached hydrogen (secondary N) is 1. The second-order valence-corrected chi connectivity index (χ2v) is 7.11. The van der Waals surface area contributed by atoms with Crippen LogP contribution in [-0.4, -0.2) is 66.5 Å². The molecule has 1 saturated heterocycles. The maximum absolute atomic E-state index is 12.3. The Morgan fingerprint density at radius 3 is 2.56 bits per heavy atom. The van der Waals surface area contributed by atoms with Gasteiger partial charge in [0, 0.05) is 32.6 Å². The van der Waals surface area contributed by atoms with Gasteiger partial charge in [-0.25, -0.2) is 0 Å². The molecule has 1 saturated carbocycles. The van der Waals surface area contributed by atoms with Crippen LogP contribution in [0.25, 0.3) is 0 Å². The largest absolute Gasteiger partial charge is 0.508 e. The third kappa shape index (κ3) is 5.70. The molecule has 6 heteroatoms. The Labute approximate surface area is 148 Å². The van der Waals surface area contributed by atoms with Crippen LogP contribution in [0.5, 0.6) is 5.75 Å². The lowest BCUT2D eigenvalue weighted by molar-refractivity contribution is -0.122. The summed E-state index contributed by atoms with van der Waals surface area (Å²) < 4.78 is 5.29. The van der Waals surface area contributed by atoms with Crippen molar-refractivity contribution >= 4 is 5.91 Å². The number of rotatable bonds is 8. The minimum Gasteiger partial charge on any atom is -0.508 e. The Hall–Kier alpha value is -1.63. The summed E-state index contributed by atoms with van der Waals surface area (Å²) in [6.45, 7) is 3.91. The summed E-state index contributed by atoms with van der Waals surface area (Å²) >= 11 is 0. The van der Waals surface area contributed by atoms with Gasteiger partial charge in [-0.15, -0.1) is 0 Å². The van der Waals surface area contributed by atoms with E-state index in [1.165, 1.54) is 0 Å². The standard InChI is InChI=1S/C19H28N2O4/c22-16-5-3-15(4-6-16)18(14-1-2-14)11-19(24)20-12-17(23)13-21-7-9-25-10-8-21/h3-6,14,17-18,22-23H,1-2,7-13H2,(H,20,24). The van der Waals surface area contributed by atoms with E-state index < -0.39 is 6.10 Å². The first-order chi connectivity index (χ1) is 12.1. The van der Waals surface area contributed by atoms with Crippen LogP contribution in [0.3, 0.4) is 0 Å². The Morgan fingerprint density at radius 2 is 1.92 bits per heavy atom. The van der Waals surface area contributed by atoms with E-state index in [0.29, 0.717) is 32.1 Å². The van der Waals surface area contributed by atoms with Gasteiger partial charge in [-0.1, -0.05) is 12.1 Å². The van der Waals surface area contributed by atoms with Crippen molar-refractivity contribution in [2.45, 2.75) is 31.3 Å². The van der Waals surface area contributed by atoms with E-state index in [1.54, 1.807) is 12.1 Å². The number of nitrogens with zero attached hydrogens (tertiary/aromatic N) is 1. The van der Waals surface area contributed by atoms with Crippen molar-refractivity contribution in [1.29, 1.82) is 0 Å². The highest BCUT2D eigenvalue weighted by atomic mass is 16.5. The van der Waals surface area contributed by atoms with Gasteiger partial charge in [0.2, 0.25) is 5.91 Å². The zero-order valence-electron chi connectivity index (χ0n) is 14.6. The number of amides is 1. The minimum absolute atomic E-state index is 0.0222. The van der Waals surface area contributed by atoms with Gasteiger partial charge in [0.15, 0.2) is 0 Å². The van der Waals surface area contributed by atoms with Crippen LogP contribution >= 0.6 is 0 Å². The van der Waals surface area contributed by atoms with E-state index in [2.05, 4.69) is 10.2 Å². The minimum atomic E-state index is -0.560. The summed E-state index contributed by atoms with van der Waals surface area (Å²) in [5.41, 5.74) is 1.10. The lowest BCUT2D eigenvalue weighted by Gasteiger charge is -2.28. The Balaban J connectivity index is 1.44.